The second-order valence-corrected chi connectivity index (χ2v) is 5.49. The van der Waals surface area contributed by atoms with Crippen LogP contribution >= 0.6 is 11.3 Å². The molecule has 112 valence electrons. The van der Waals surface area contributed by atoms with Crippen molar-refractivity contribution >= 4 is 28.7 Å². The first-order chi connectivity index (χ1) is 10.1. The SMILES string of the molecule is CCOC(=O)c1cccc(N)c1NCCc1nc(C)cs1. The Morgan fingerprint density at radius 3 is 2.95 bits per heavy atom. The van der Waals surface area contributed by atoms with Crippen LogP contribution in [-0.2, 0) is 11.2 Å². The minimum absolute atomic E-state index is 0.339. The minimum Gasteiger partial charge on any atom is -0.462 e. The van der Waals surface area contributed by atoms with Gasteiger partial charge in [0, 0.05) is 24.0 Å². The van der Waals surface area contributed by atoms with E-state index in [9.17, 15) is 4.79 Å². The number of hydrogen-bond donors (Lipinski definition) is 2. The van der Waals surface area contributed by atoms with E-state index < -0.39 is 0 Å². The number of para-hydroxylation sites is 1. The Balaban J connectivity index is 2.06. The standard InChI is InChI=1S/C15H19N3O2S/c1-3-20-15(19)11-5-4-6-12(16)14(11)17-8-7-13-18-10(2)9-21-13/h4-6,9,17H,3,7-8,16H2,1-2H3. The average molecular weight is 305 g/mol. The summed E-state index contributed by atoms with van der Waals surface area (Å²) in [5.74, 6) is -0.364. The maximum absolute atomic E-state index is 11.9. The van der Waals surface area contributed by atoms with Gasteiger partial charge in [0.2, 0.25) is 0 Å². The number of ether oxygens (including phenoxy) is 1. The van der Waals surface area contributed by atoms with Crippen molar-refractivity contribution in [3.63, 3.8) is 0 Å². The van der Waals surface area contributed by atoms with Gasteiger partial charge in [-0.15, -0.1) is 11.3 Å². The zero-order chi connectivity index (χ0) is 15.2. The molecule has 0 atom stereocenters. The molecule has 0 saturated carbocycles. The quantitative estimate of drug-likeness (QED) is 0.634. The van der Waals surface area contributed by atoms with Crippen LogP contribution in [0, 0.1) is 6.92 Å². The molecule has 6 heteroatoms. The monoisotopic (exact) mass is 305 g/mol. The minimum atomic E-state index is -0.364. The van der Waals surface area contributed by atoms with Crippen molar-refractivity contribution in [2.45, 2.75) is 20.3 Å². The van der Waals surface area contributed by atoms with E-state index in [-0.39, 0.29) is 5.97 Å². The molecule has 5 nitrogen and oxygen atoms in total. The van der Waals surface area contributed by atoms with E-state index in [2.05, 4.69) is 10.3 Å². The number of aryl methyl sites for hydroxylation is 1. The molecule has 0 aliphatic carbocycles. The van der Waals surface area contributed by atoms with E-state index in [0.29, 0.717) is 30.1 Å². The number of nitrogens with one attached hydrogen (secondary N) is 1. The van der Waals surface area contributed by atoms with Crippen molar-refractivity contribution in [2.75, 3.05) is 24.2 Å². The number of nitrogens with zero attached hydrogens (tertiary/aromatic N) is 1. The van der Waals surface area contributed by atoms with Gasteiger partial charge in [-0.25, -0.2) is 9.78 Å². The molecule has 0 radical (unpaired) electrons. The summed E-state index contributed by atoms with van der Waals surface area (Å²) in [4.78, 5) is 16.3. The van der Waals surface area contributed by atoms with Crippen LogP contribution in [0.4, 0.5) is 11.4 Å². The molecule has 1 aromatic carbocycles. The van der Waals surface area contributed by atoms with E-state index in [1.54, 1.807) is 36.5 Å². The maximum atomic E-state index is 11.9. The zero-order valence-corrected chi connectivity index (χ0v) is 13.0. The molecule has 0 fully saturated rings. The summed E-state index contributed by atoms with van der Waals surface area (Å²) in [5.41, 5.74) is 8.62. The summed E-state index contributed by atoms with van der Waals surface area (Å²) in [6.45, 7) is 4.75. The van der Waals surface area contributed by atoms with Gasteiger partial charge in [-0.2, -0.15) is 0 Å². The Kier molecular flexibility index (Phi) is 5.16. The number of benzene rings is 1. The number of esters is 1. The largest absolute Gasteiger partial charge is 0.462 e. The van der Waals surface area contributed by atoms with E-state index >= 15 is 0 Å². The summed E-state index contributed by atoms with van der Waals surface area (Å²) in [5, 5.41) is 6.31. The van der Waals surface area contributed by atoms with Crippen LogP contribution < -0.4 is 11.1 Å². The van der Waals surface area contributed by atoms with Gasteiger partial charge in [0.15, 0.2) is 0 Å². The molecular formula is C15H19N3O2S. The molecule has 0 bridgehead atoms. The first kappa shape index (κ1) is 15.3. The fourth-order valence-electron chi connectivity index (χ4n) is 1.96. The van der Waals surface area contributed by atoms with Crippen LogP contribution in [0.3, 0.4) is 0 Å². The first-order valence-electron chi connectivity index (χ1n) is 6.82. The molecule has 0 aliphatic heterocycles. The summed E-state index contributed by atoms with van der Waals surface area (Å²) < 4.78 is 5.05. The average Bonchev–Trinajstić information content (AvgIpc) is 2.86. The van der Waals surface area contributed by atoms with Crippen molar-refractivity contribution in [3.8, 4) is 0 Å². The van der Waals surface area contributed by atoms with Crippen molar-refractivity contribution in [1.82, 2.24) is 4.98 Å². The Bertz CT molecular complexity index is 625. The Hall–Kier alpha value is -2.08. The highest BCUT2D eigenvalue weighted by molar-refractivity contribution is 7.09. The summed E-state index contributed by atoms with van der Waals surface area (Å²) in [6.07, 6.45) is 0.787. The maximum Gasteiger partial charge on any atom is 0.340 e. The molecule has 0 aliphatic rings. The number of carbonyl (C=O) groups excluding carboxylic acids is 1. The molecular weight excluding hydrogens is 286 g/mol. The number of aromatic nitrogens is 1. The van der Waals surface area contributed by atoms with Crippen molar-refractivity contribution in [2.24, 2.45) is 0 Å². The highest BCUT2D eigenvalue weighted by Gasteiger charge is 2.14. The highest BCUT2D eigenvalue weighted by atomic mass is 32.1. The number of thiazole rings is 1. The number of hydrogen-bond acceptors (Lipinski definition) is 6. The van der Waals surface area contributed by atoms with E-state index in [4.69, 9.17) is 10.5 Å². The van der Waals surface area contributed by atoms with Crippen LogP contribution in [0.1, 0.15) is 28.0 Å². The molecule has 0 saturated heterocycles. The second-order valence-electron chi connectivity index (χ2n) is 4.55. The Morgan fingerprint density at radius 1 is 1.48 bits per heavy atom. The third kappa shape index (κ3) is 3.95. The van der Waals surface area contributed by atoms with Crippen LogP contribution in [0.15, 0.2) is 23.6 Å². The van der Waals surface area contributed by atoms with Gasteiger partial charge < -0.3 is 15.8 Å². The lowest BCUT2D eigenvalue weighted by atomic mass is 10.1. The van der Waals surface area contributed by atoms with Gasteiger partial charge in [-0.05, 0) is 26.0 Å². The van der Waals surface area contributed by atoms with Crippen LogP contribution in [0.2, 0.25) is 0 Å². The van der Waals surface area contributed by atoms with Crippen LogP contribution in [0.5, 0.6) is 0 Å². The molecule has 0 amide bonds. The normalized spacial score (nSPS) is 10.4. The highest BCUT2D eigenvalue weighted by Crippen LogP contribution is 2.24. The first-order valence-corrected chi connectivity index (χ1v) is 7.70. The van der Waals surface area contributed by atoms with Crippen LogP contribution in [-0.4, -0.2) is 24.1 Å². The molecule has 21 heavy (non-hydrogen) atoms. The van der Waals surface area contributed by atoms with Crippen molar-refractivity contribution in [1.29, 1.82) is 0 Å². The predicted molar refractivity (Wildman–Crippen MR) is 85.9 cm³/mol. The van der Waals surface area contributed by atoms with Gasteiger partial charge >= 0.3 is 5.97 Å². The molecule has 1 aromatic heterocycles. The topological polar surface area (TPSA) is 77.2 Å². The lowest BCUT2D eigenvalue weighted by Crippen LogP contribution is -2.13. The zero-order valence-electron chi connectivity index (χ0n) is 12.2. The van der Waals surface area contributed by atoms with Crippen LogP contribution in [0.25, 0.3) is 0 Å². The number of nitrogen functional groups attached to an aromatic ring is 1. The smallest absolute Gasteiger partial charge is 0.340 e. The molecule has 2 rings (SSSR count). The van der Waals surface area contributed by atoms with Gasteiger partial charge in [0.05, 0.1) is 28.6 Å². The lowest BCUT2D eigenvalue weighted by molar-refractivity contribution is 0.0527. The number of nitrogens with two attached hydrogens (primary N) is 1. The fraction of sp³-hybridized carbons (Fsp3) is 0.333. The Morgan fingerprint density at radius 2 is 2.29 bits per heavy atom. The number of anilines is 2. The van der Waals surface area contributed by atoms with Gasteiger partial charge in [0.25, 0.3) is 0 Å². The lowest BCUT2D eigenvalue weighted by Gasteiger charge is -2.13. The van der Waals surface area contributed by atoms with E-state index in [1.165, 1.54) is 0 Å². The fourth-order valence-corrected chi connectivity index (χ4v) is 2.73. The van der Waals surface area contributed by atoms with Crippen molar-refractivity contribution in [3.05, 3.63) is 39.8 Å². The molecule has 2 aromatic rings. The van der Waals surface area contributed by atoms with Gasteiger partial charge in [-0.1, -0.05) is 6.07 Å². The molecule has 0 unspecified atom stereocenters. The third-order valence-corrected chi connectivity index (χ3v) is 3.93. The predicted octanol–water partition coefficient (Wildman–Crippen LogP) is 2.87. The van der Waals surface area contributed by atoms with E-state index in [0.717, 1.165) is 17.1 Å². The third-order valence-electron chi connectivity index (χ3n) is 2.90. The number of carbonyl (C=O) groups is 1. The summed E-state index contributed by atoms with van der Waals surface area (Å²) in [7, 11) is 0. The summed E-state index contributed by atoms with van der Waals surface area (Å²) >= 11 is 1.63. The van der Waals surface area contributed by atoms with Gasteiger partial charge in [-0.3, -0.25) is 0 Å². The van der Waals surface area contributed by atoms with Gasteiger partial charge in [0.1, 0.15) is 0 Å². The molecule has 1 heterocycles. The number of rotatable bonds is 6. The second kappa shape index (κ2) is 7.08. The Labute approximate surface area is 128 Å². The van der Waals surface area contributed by atoms with E-state index in [1.807, 2.05) is 12.3 Å². The van der Waals surface area contributed by atoms with Crippen molar-refractivity contribution < 1.29 is 9.53 Å². The molecule has 0 spiro atoms. The summed E-state index contributed by atoms with van der Waals surface area (Å²) in [6, 6.07) is 5.22. The molecule has 3 N–H and O–H groups in total.